The number of hydrogen-bond acceptors (Lipinski definition) is 5. The van der Waals surface area contributed by atoms with E-state index < -0.39 is 11.6 Å². The van der Waals surface area contributed by atoms with Crippen LogP contribution in [0.3, 0.4) is 0 Å². The van der Waals surface area contributed by atoms with Crippen molar-refractivity contribution in [2.75, 3.05) is 12.8 Å². The van der Waals surface area contributed by atoms with Gasteiger partial charge in [0.1, 0.15) is 35.4 Å². The van der Waals surface area contributed by atoms with Crippen LogP contribution in [-0.4, -0.2) is 18.0 Å². The van der Waals surface area contributed by atoms with E-state index in [-0.39, 0.29) is 24.7 Å². The van der Waals surface area contributed by atoms with E-state index in [1.165, 1.54) is 12.1 Å². The van der Waals surface area contributed by atoms with Crippen LogP contribution < -0.4 is 15.8 Å². The highest BCUT2D eigenvalue weighted by Gasteiger charge is 2.43. The Balaban J connectivity index is 1.26. The highest BCUT2D eigenvalue weighted by Crippen LogP contribution is 2.54. The predicted molar refractivity (Wildman–Crippen MR) is 134 cm³/mol. The fraction of sp³-hybridized carbons (Fsp3) is 0.172. The Bertz CT molecular complexity index is 1590. The van der Waals surface area contributed by atoms with Crippen LogP contribution in [0.4, 0.5) is 14.6 Å². The van der Waals surface area contributed by atoms with Gasteiger partial charge < -0.3 is 20.5 Å². The number of ether oxygens (including phenoxy) is 2. The molecule has 0 fully saturated rings. The van der Waals surface area contributed by atoms with Crippen LogP contribution in [0.1, 0.15) is 56.1 Å². The second kappa shape index (κ2) is 8.67. The molecule has 8 heteroatoms. The molecule has 2 aliphatic heterocycles. The number of halogens is 2. The van der Waals surface area contributed by atoms with Gasteiger partial charge in [-0.3, -0.25) is 4.79 Å². The highest BCUT2D eigenvalue weighted by molar-refractivity contribution is 5.94. The van der Waals surface area contributed by atoms with Crippen LogP contribution in [0.2, 0.25) is 0 Å². The van der Waals surface area contributed by atoms with Crippen molar-refractivity contribution in [1.29, 1.82) is 0 Å². The zero-order valence-corrected chi connectivity index (χ0v) is 20.1. The van der Waals surface area contributed by atoms with Crippen molar-refractivity contribution in [3.8, 4) is 16.9 Å². The number of aromatic nitrogens is 1. The van der Waals surface area contributed by atoms with Gasteiger partial charge in [-0.1, -0.05) is 18.2 Å². The molecule has 0 spiro atoms. The number of nitrogens with one attached hydrogen (secondary N) is 1. The van der Waals surface area contributed by atoms with E-state index >= 15 is 0 Å². The maximum Gasteiger partial charge on any atom is 0.251 e. The molecular formula is C29H23F2N3O3. The van der Waals surface area contributed by atoms with E-state index in [1.807, 2.05) is 37.3 Å². The lowest BCUT2D eigenvalue weighted by atomic mass is 9.83. The highest BCUT2D eigenvalue weighted by atomic mass is 19.1. The first-order valence-corrected chi connectivity index (χ1v) is 11.8. The molecule has 3 N–H and O–H groups in total. The van der Waals surface area contributed by atoms with E-state index in [2.05, 4.69) is 10.3 Å². The summed E-state index contributed by atoms with van der Waals surface area (Å²) in [6.45, 7) is 2.05. The molecule has 3 heterocycles. The molecule has 0 saturated heterocycles. The summed E-state index contributed by atoms with van der Waals surface area (Å²) >= 11 is 0. The largest absolute Gasteiger partial charge is 0.496 e. The van der Waals surface area contributed by atoms with E-state index in [0.29, 0.717) is 34.0 Å². The lowest BCUT2D eigenvalue weighted by Gasteiger charge is -2.18. The lowest BCUT2D eigenvalue weighted by Crippen LogP contribution is -2.24. The summed E-state index contributed by atoms with van der Waals surface area (Å²) in [4.78, 5) is 17.3. The molecular weight excluding hydrogens is 476 g/mol. The fourth-order valence-electron chi connectivity index (χ4n) is 5.24. The summed E-state index contributed by atoms with van der Waals surface area (Å²) < 4.78 is 39.5. The van der Waals surface area contributed by atoms with Crippen LogP contribution in [0, 0.1) is 18.6 Å². The summed E-state index contributed by atoms with van der Waals surface area (Å²) in [5, 5.41) is 2.93. The number of methoxy groups -OCH3 is 1. The topological polar surface area (TPSA) is 86.5 Å². The van der Waals surface area contributed by atoms with E-state index in [9.17, 15) is 13.6 Å². The Morgan fingerprint density at radius 3 is 2.49 bits per heavy atom. The fourth-order valence-corrected chi connectivity index (χ4v) is 5.24. The first kappa shape index (κ1) is 23.1. The Kier molecular flexibility index (Phi) is 5.42. The first-order valence-electron chi connectivity index (χ1n) is 11.8. The average Bonchev–Trinajstić information content (AvgIpc) is 3.44. The maximum atomic E-state index is 14.4. The molecule has 0 aliphatic carbocycles. The number of amides is 1. The standard InChI is InChI=1S/C29H23F2N3O3/c1-14-23(25(36-2)12-26(32)34-14)13-33-29(35)16-4-7-20-22(10-16)28-21-9-15(3-6-19(21)27(20)37-28)18-8-5-17(30)11-24(18)31/h3-12,27-28H,13H2,1-2H3,(H2,32,34)(H,33,35). The van der Waals surface area contributed by atoms with Gasteiger partial charge in [-0.15, -0.1) is 0 Å². The number of carbonyl (C=O) groups excluding carboxylic acids is 1. The summed E-state index contributed by atoms with van der Waals surface area (Å²) in [6, 6.07) is 16.4. The smallest absolute Gasteiger partial charge is 0.251 e. The third-order valence-corrected chi connectivity index (χ3v) is 7.04. The van der Waals surface area contributed by atoms with Gasteiger partial charge in [0, 0.05) is 41.1 Å². The summed E-state index contributed by atoms with van der Waals surface area (Å²) in [5.41, 5.74) is 12.5. The Labute approximate surface area is 212 Å². The number of fused-ring (bicyclic) bond motifs is 8. The van der Waals surface area contributed by atoms with Crippen molar-refractivity contribution < 1.29 is 23.0 Å². The van der Waals surface area contributed by atoms with Crippen molar-refractivity contribution in [2.45, 2.75) is 25.7 Å². The average molecular weight is 500 g/mol. The molecule has 2 unspecified atom stereocenters. The number of nitrogens with two attached hydrogens (primary N) is 1. The number of aryl methyl sites for hydroxylation is 1. The first-order chi connectivity index (χ1) is 17.8. The summed E-state index contributed by atoms with van der Waals surface area (Å²) in [6.07, 6.45) is -0.609. The third kappa shape index (κ3) is 3.81. The number of rotatable bonds is 5. The van der Waals surface area contributed by atoms with Crippen molar-refractivity contribution in [2.24, 2.45) is 0 Å². The van der Waals surface area contributed by atoms with Gasteiger partial charge in [-0.05, 0) is 65.1 Å². The summed E-state index contributed by atoms with van der Waals surface area (Å²) in [5.74, 6) is -0.567. The van der Waals surface area contributed by atoms with E-state index in [0.717, 1.165) is 33.9 Å². The molecule has 37 heavy (non-hydrogen) atoms. The van der Waals surface area contributed by atoms with Crippen LogP contribution in [0.5, 0.6) is 5.75 Å². The number of hydrogen-bond donors (Lipinski definition) is 2. The van der Waals surface area contributed by atoms with Gasteiger partial charge in [0.05, 0.1) is 7.11 Å². The van der Waals surface area contributed by atoms with E-state index in [1.54, 1.807) is 19.2 Å². The van der Waals surface area contributed by atoms with Crippen molar-refractivity contribution in [3.63, 3.8) is 0 Å². The number of nitrogens with zero attached hydrogens (tertiary/aromatic N) is 1. The number of carbonyl (C=O) groups is 1. The van der Waals surface area contributed by atoms with Gasteiger partial charge >= 0.3 is 0 Å². The molecule has 0 saturated carbocycles. The second-order valence-corrected chi connectivity index (χ2v) is 9.20. The molecule has 1 aromatic heterocycles. The zero-order chi connectivity index (χ0) is 25.8. The van der Waals surface area contributed by atoms with Crippen LogP contribution >= 0.6 is 0 Å². The SMILES string of the molecule is COc1cc(N)nc(C)c1CNC(=O)c1ccc2c(c1)C1OC2c2ccc(-c3ccc(F)cc3F)cc21. The molecule has 0 radical (unpaired) electrons. The monoisotopic (exact) mass is 499 g/mol. The molecule has 6 rings (SSSR count). The molecule has 1 amide bonds. The Morgan fingerprint density at radius 2 is 1.73 bits per heavy atom. The molecule has 6 nitrogen and oxygen atoms in total. The maximum absolute atomic E-state index is 14.4. The minimum atomic E-state index is -0.620. The molecule has 2 atom stereocenters. The zero-order valence-electron chi connectivity index (χ0n) is 20.1. The molecule has 4 aromatic rings. The quantitative estimate of drug-likeness (QED) is 0.385. The van der Waals surface area contributed by atoms with E-state index in [4.69, 9.17) is 15.2 Å². The Morgan fingerprint density at radius 1 is 1.00 bits per heavy atom. The molecule has 2 aliphatic rings. The predicted octanol–water partition coefficient (Wildman–Crippen LogP) is 5.38. The number of anilines is 1. The molecule has 3 aromatic carbocycles. The number of benzene rings is 3. The van der Waals surface area contributed by atoms with Gasteiger partial charge in [0.2, 0.25) is 0 Å². The van der Waals surface area contributed by atoms with Crippen LogP contribution in [-0.2, 0) is 11.3 Å². The number of pyridine rings is 1. The van der Waals surface area contributed by atoms with Gasteiger partial charge in [-0.2, -0.15) is 0 Å². The van der Waals surface area contributed by atoms with Gasteiger partial charge in [0.15, 0.2) is 0 Å². The lowest BCUT2D eigenvalue weighted by molar-refractivity contribution is 0.0857. The molecule has 2 bridgehead atoms. The third-order valence-electron chi connectivity index (χ3n) is 7.04. The van der Waals surface area contributed by atoms with Crippen LogP contribution in [0.15, 0.2) is 60.7 Å². The normalized spacial score (nSPS) is 16.9. The van der Waals surface area contributed by atoms with Crippen LogP contribution in [0.25, 0.3) is 11.1 Å². The van der Waals surface area contributed by atoms with Crippen molar-refractivity contribution in [1.82, 2.24) is 10.3 Å². The minimum Gasteiger partial charge on any atom is -0.496 e. The van der Waals surface area contributed by atoms with Crippen molar-refractivity contribution in [3.05, 3.63) is 111 Å². The van der Waals surface area contributed by atoms with Gasteiger partial charge in [0.25, 0.3) is 5.91 Å². The van der Waals surface area contributed by atoms with Gasteiger partial charge in [-0.25, -0.2) is 13.8 Å². The second-order valence-electron chi connectivity index (χ2n) is 9.20. The minimum absolute atomic E-state index is 0.232. The number of nitrogen functional groups attached to an aromatic ring is 1. The van der Waals surface area contributed by atoms with Crippen molar-refractivity contribution >= 4 is 11.7 Å². The summed E-state index contributed by atoms with van der Waals surface area (Å²) in [7, 11) is 1.54. The Hall–Kier alpha value is -4.30. The molecule has 186 valence electrons.